The van der Waals surface area contributed by atoms with Crippen LogP contribution in [-0.2, 0) is 4.74 Å². The van der Waals surface area contributed by atoms with Crippen LogP contribution in [0.2, 0.25) is 0 Å². The van der Waals surface area contributed by atoms with Crippen LogP contribution in [0.25, 0.3) is 12.2 Å². The average molecular weight is 405 g/mol. The molecule has 0 saturated heterocycles. The van der Waals surface area contributed by atoms with Crippen LogP contribution >= 0.6 is 0 Å². The maximum atomic E-state index is 14.2. The third-order valence-electron chi connectivity index (χ3n) is 4.67. The summed E-state index contributed by atoms with van der Waals surface area (Å²) >= 11 is 0. The van der Waals surface area contributed by atoms with Crippen LogP contribution in [0.15, 0.2) is 60.7 Å². The molecule has 0 aliphatic rings. The molecular formula is C25H31F3O. The number of rotatable bonds is 11. The summed E-state index contributed by atoms with van der Waals surface area (Å²) < 4.78 is 47.5. The summed E-state index contributed by atoms with van der Waals surface area (Å²) in [5, 5.41) is 0. The molecule has 1 aromatic carbocycles. The first kappa shape index (κ1) is 24.5. The summed E-state index contributed by atoms with van der Waals surface area (Å²) in [6.45, 7) is 15.3. The van der Waals surface area contributed by atoms with Crippen LogP contribution in [0, 0.1) is 23.5 Å². The van der Waals surface area contributed by atoms with Gasteiger partial charge in [0, 0.05) is 17.2 Å². The molecule has 1 aromatic rings. The van der Waals surface area contributed by atoms with Crippen molar-refractivity contribution in [3.63, 3.8) is 0 Å². The van der Waals surface area contributed by atoms with E-state index in [1.54, 1.807) is 38.1 Å². The summed E-state index contributed by atoms with van der Waals surface area (Å²) in [6, 6.07) is 3.12. The maximum absolute atomic E-state index is 14.2. The van der Waals surface area contributed by atoms with Crippen molar-refractivity contribution in [2.75, 3.05) is 6.61 Å². The lowest BCUT2D eigenvalue weighted by Gasteiger charge is -2.15. The number of allylic oxidation sites excluding steroid dienone is 5. The van der Waals surface area contributed by atoms with Gasteiger partial charge in [0.2, 0.25) is 0 Å². The largest absolute Gasteiger partial charge is 0.494 e. The Bertz CT molecular complexity index is 803. The monoisotopic (exact) mass is 404 g/mol. The molecule has 0 aliphatic heterocycles. The predicted molar refractivity (Wildman–Crippen MR) is 117 cm³/mol. The Labute approximate surface area is 173 Å². The van der Waals surface area contributed by atoms with Gasteiger partial charge in [-0.05, 0) is 44.1 Å². The number of hydrogen-bond donors (Lipinski definition) is 0. The summed E-state index contributed by atoms with van der Waals surface area (Å²) in [7, 11) is 0. The van der Waals surface area contributed by atoms with E-state index in [0.29, 0.717) is 18.6 Å². The molecule has 0 spiro atoms. The van der Waals surface area contributed by atoms with Crippen molar-refractivity contribution < 1.29 is 17.9 Å². The van der Waals surface area contributed by atoms with Gasteiger partial charge in [0.25, 0.3) is 0 Å². The fourth-order valence-electron chi connectivity index (χ4n) is 2.76. The highest BCUT2D eigenvalue weighted by molar-refractivity contribution is 5.57. The Morgan fingerprint density at radius 1 is 1.07 bits per heavy atom. The zero-order valence-electron chi connectivity index (χ0n) is 17.8. The summed E-state index contributed by atoms with van der Waals surface area (Å²) in [5.41, 5.74) is 0.836. The Morgan fingerprint density at radius 2 is 1.66 bits per heavy atom. The molecule has 1 nitrogen and oxygen atoms in total. The maximum Gasteiger partial charge on any atom is 0.166 e. The second kappa shape index (κ2) is 12.2. The quantitative estimate of drug-likeness (QED) is 0.268. The molecule has 0 N–H and O–H groups in total. The SMILES string of the molecule is C=C(/C=C(/F)C(=C)C(C)CCC(C)/C=C/c1ccc(/C=C/C)c(F)c1F)OCC. The third-order valence-corrected chi connectivity index (χ3v) is 4.67. The van der Waals surface area contributed by atoms with Gasteiger partial charge in [-0.3, -0.25) is 0 Å². The van der Waals surface area contributed by atoms with E-state index >= 15 is 0 Å². The predicted octanol–water partition coefficient (Wildman–Crippen LogP) is 8.02. The van der Waals surface area contributed by atoms with Gasteiger partial charge in [-0.1, -0.05) is 63.4 Å². The number of benzene rings is 1. The van der Waals surface area contributed by atoms with Crippen molar-refractivity contribution in [1.29, 1.82) is 0 Å². The van der Waals surface area contributed by atoms with Crippen LogP contribution in [0.3, 0.4) is 0 Å². The van der Waals surface area contributed by atoms with Gasteiger partial charge in [-0.25, -0.2) is 13.2 Å². The van der Waals surface area contributed by atoms with Crippen molar-refractivity contribution in [2.45, 2.75) is 40.5 Å². The van der Waals surface area contributed by atoms with Gasteiger partial charge in [0.1, 0.15) is 11.6 Å². The molecule has 0 aliphatic carbocycles. The van der Waals surface area contributed by atoms with Crippen LogP contribution in [-0.4, -0.2) is 6.61 Å². The lowest BCUT2D eigenvalue weighted by molar-refractivity contribution is 0.243. The van der Waals surface area contributed by atoms with E-state index in [1.807, 2.05) is 19.9 Å². The Morgan fingerprint density at radius 3 is 2.21 bits per heavy atom. The van der Waals surface area contributed by atoms with Gasteiger partial charge in [-0.15, -0.1) is 0 Å². The van der Waals surface area contributed by atoms with Crippen molar-refractivity contribution in [1.82, 2.24) is 0 Å². The Balaban J connectivity index is 2.67. The van der Waals surface area contributed by atoms with Crippen LogP contribution in [0.5, 0.6) is 0 Å². The first-order valence-electron chi connectivity index (χ1n) is 9.88. The molecule has 0 saturated carbocycles. The van der Waals surface area contributed by atoms with E-state index in [1.165, 1.54) is 12.2 Å². The van der Waals surface area contributed by atoms with Crippen LogP contribution in [0.4, 0.5) is 13.2 Å². The summed E-state index contributed by atoms with van der Waals surface area (Å²) in [6.07, 6.45) is 9.34. The highest BCUT2D eigenvalue weighted by atomic mass is 19.2. The lowest BCUT2D eigenvalue weighted by atomic mass is 9.91. The van der Waals surface area contributed by atoms with E-state index in [9.17, 15) is 13.2 Å². The molecule has 2 unspecified atom stereocenters. The molecule has 0 radical (unpaired) electrons. The van der Waals surface area contributed by atoms with Crippen molar-refractivity contribution in [3.05, 3.63) is 83.4 Å². The highest BCUT2D eigenvalue weighted by Crippen LogP contribution is 2.26. The first-order chi connectivity index (χ1) is 13.7. The molecule has 0 aromatic heterocycles. The smallest absolute Gasteiger partial charge is 0.166 e. The van der Waals surface area contributed by atoms with E-state index < -0.39 is 17.5 Å². The molecule has 2 atom stereocenters. The molecule has 0 heterocycles. The standard InChI is InChI=1S/C25H31F3O/c1-7-9-21-14-15-22(25(28)24(21)27)13-11-17(3)10-12-18(4)20(6)23(26)16-19(5)29-8-2/h7,9,11,13-18H,5-6,8,10,12H2,1-4H3/b9-7+,13-11+,23-16+. The topological polar surface area (TPSA) is 9.23 Å². The number of hydrogen-bond acceptors (Lipinski definition) is 1. The molecule has 1 rings (SSSR count). The number of halogens is 3. The molecule has 0 fully saturated rings. The summed E-state index contributed by atoms with van der Waals surface area (Å²) in [4.78, 5) is 0. The van der Waals surface area contributed by atoms with E-state index in [2.05, 4.69) is 13.2 Å². The van der Waals surface area contributed by atoms with E-state index in [4.69, 9.17) is 4.74 Å². The second-order valence-electron chi connectivity index (χ2n) is 7.10. The molecular weight excluding hydrogens is 373 g/mol. The van der Waals surface area contributed by atoms with Crippen LogP contribution in [0.1, 0.15) is 51.7 Å². The number of ether oxygens (including phenoxy) is 1. The van der Waals surface area contributed by atoms with Gasteiger partial charge in [0.05, 0.1) is 6.61 Å². The zero-order chi connectivity index (χ0) is 22.0. The lowest BCUT2D eigenvalue weighted by Crippen LogP contribution is -2.03. The Kier molecular flexibility index (Phi) is 10.3. The van der Waals surface area contributed by atoms with Crippen molar-refractivity contribution in [2.24, 2.45) is 11.8 Å². The fraction of sp³-hybridized carbons (Fsp3) is 0.360. The average Bonchev–Trinajstić information content (AvgIpc) is 2.68. The molecule has 0 amide bonds. The second-order valence-corrected chi connectivity index (χ2v) is 7.10. The minimum atomic E-state index is -0.854. The van der Waals surface area contributed by atoms with Gasteiger partial charge in [0.15, 0.2) is 11.6 Å². The minimum absolute atomic E-state index is 0.0641. The zero-order valence-corrected chi connectivity index (χ0v) is 17.8. The molecule has 29 heavy (non-hydrogen) atoms. The normalized spacial score (nSPS) is 14.4. The van der Waals surface area contributed by atoms with Crippen LogP contribution < -0.4 is 0 Å². The van der Waals surface area contributed by atoms with Gasteiger partial charge >= 0.3 is 0 Å². The van der Waals surface area contributed by atoms with Gasteiger partial charge in [-0.2, -0.15) is 0 Å². The van der Waals surface area contributed by atoms with Gasteiger partial charge < -0.3 is 4.74 Å². The van der Waals surface area contributed by atoms with Crippen molar-refractivity contribution in [3.8, 4) is 0 Å². The van der Waals surface area contributed by atoms with Crippen molar-refractivity contribution >= 4 is 12.2 Å². The Hall–Kier alpha value is -2.49. The minimum Gasteiger partial charge on any atom is -0.494 e. The third kappa shape index (κ3) is 7.80. The molecule has 4 heteroatoms. The first-order valence-corrected chi connectivity index (χ1v) is 9.88. The fourth-order valence-corrected chi connectivity index (χ4v) is 2.76. The summed E-state index contributed by atoms with van der Waals surface area (Å²) in [5.74, 6) is -1.81. The highest BCUT2D eigenvalue weighted by Gasteiger charge is 2.14. The molecule has 158 valence electrons. The molecule has 0 bridgehead atoms. The van der Waals surface area contributed by atoms with E-state index in [-0.39, 0.29) is 28.7 Å². The van der Waals surface area contributed by atoms with E-state index in [0.717, 1.165) is 6.42 Å².